The first kappa shape index (κ1) is 21.5. The highest BCUT2D eigenvalue weighted by atomic mass is 35.5. The van der Waals surface area contributed by atoms with Crippen molar-refractivity contribution in [2.75, 3.05) is 48.2 Å². The van der Waals surface area contributed by atoms with E-state index in [1.807, 2.05) is 60.7 Å². The van der Waals surface area contributed by atoms with Crippen LogP contribution < -0.4 is 9.21 Å². The third-order valence-corrected chi connectivity index (χ3v) is 6.88. The predicted molar refractivity (Wildman–Crippen MR) is 126 cm³/mol. The van der Waals surface area contributed by atoms with Gasteiger partial charge in [0.1, 0.15) is 6.54 Å². The molecule has 0 N–H and O–H groups in total. The Kier molecular flexibility index (Phi) is 6.07. The number of halogens is 1. The van der Waals surface area contributed by atoms with E-state index < -0.39 is 10.0 Å². The zero-order valence-electron chi connectivity index (χ0n) is 17.2. The number of nitrogens with zero attached hydrogens (tertiary/aromatic N) is 3. The van der Waals surface area contributed by atoms with Gasteiger partial charge in [0.15, 0.2) is 0 Å². The summed E-state index contributed by atoms with van der Waals surface area (Å²) in [4.78, 5) is 16.9. The Morgan fingerprint density at radius 1 is 0.968 bits per heavy atom. The summed E-state index contributed by atoms with van der Waals surface area (Å²) in [5.74, 6) is -0.205. The van der Waals surface area contributed by atoms with Crippen LogP contribution in [-0.2, 0) is 14.8 Å². The summed E-state index contributed by atoms with van der Waals surface area (Å²) in [6, 6.07) is 20.7. The molecule has 3 aromatic carbocycles. The molecule has 0 aromatic heterocycles. The normalized spacial score (nSPS) is 14.6. The van der Waals surface area contributed by atoms with E-state index >= 15 is 0 Å². The van der Waals surface area contributed by atoms with Gasteiger partial charge in [0, 0.05) is 42.3 Å². The number of fused-ring (bicyclic) bond motifs is 1. The van der Waals surface area contributed by atoms with Gasteiger partial charge in [0.05, 0.1) is 11.9 Å². The molecule has 0 aliphatic carbocycles. The van der Waals surface area contributed by atoms with Crippen LogP contribution in [0, 0.1) is 0 Å². The molecule has 0 spiro atoms. The van der Waals surface area contributed by atoms with Crippen LogP contribution in [-0.4, -0.2) is 58.2 Å². The van der Waals surface area contributed by atoms with Crippen molar-refractivity contribution >= 4 is 49.7 Å². The van der Waals surface area contributed by atoms with Crippen LogP contribution in [0.3, 0.4) is 0 Å². The lowest BCUT2D eigenvalue weighted by molar-refractivity contribution is -0.129. The van der Waals surface area contributed by atoms with Crippen molar-refractivity contribution in [1.29, 1.82) is 0 Å². The van der Waals surface area contributed by atoms with E-state index in [9.17, 15) is 13.2 Å². The second-order valence-corrected chi connectivity index (χ2v) is 9.96. The number of carbonyl (C=O) groups excluding carboxylic acids is 1. The topological polar surface area (TPSA) is 60.9 Å². The maximum atomic E-state index is 13.0. The number of hydrogen-bond acceptors (Lipinski definition) is 4. The molecule has 1 heterocycles. The Morgan fingerprint density at radius 2 is 1.65 bits per heavy atom. The molecule has 1 fully saturated rings. The number of carbonyl (C=O) groups is 1. The van der Waals surface area contributed by atoms with Crippen LogP contribution in [0.5, 0.6) is 0 Å². The van der Waals surface area contributed by atoms with Crippen molar-refractivity contribution in [2.45, 2.75) is 0 Å². The van der Waals surface area contributed by atoms with Crippen molar-refractivity contribution in [3.8, 4) is 0 Å². The number of sulfonamides is 1. The van der Waals surface area contributed by atoms with Crippen molar-refractivity contribution in [3.05, 3.63) is 71.8 Å². The SMILES string of the molecule is CS(=O)(=O)N(CC(=O)N1CCN(c2cccc(Cl)c2)CC1)c1cccc2ccccc12. The molecule has 31 heavy (non-hydrogen) atoms. The largest absolute Gasteiger partial charge is 0.368 e. The van der Waals surface area contributed by atoms with Gasteiger partial charge in [-0.25, -0.2) is 8.42 Å². The summed E-state index contributed by atoms with van der Waals surface area (Å²) >= 11 is 6.09. The van der Waals surface area contributed by atoms with Gasteiger partial charge in [0.25, 0.3) is 0 Å². The maximum absolute atomic E-state index is 13.0. The number of benzene rings is 3. The van der Waals surface area contributed by atoms with Crippen molar-refractivity contribution < 1.29 is 13.2 Å². The number of amides is 1. The van der Waals surface area contributed by atoms with Crippen molar-refractivity contribution in [2.24, 2.45) is 0 Å². The first-order valence-corrected chi connectivity index (χ1v) is 12.3. The summed E-state index contributed by atoms with van der Waals surface area (Å²) in [6.45, 7) is 2.17. The van der Waals surface area contributed by atoms with Crippen LogP contribution in [0.15, 0.2) is 66.7 Å². The molecule has 0 atom stereocenters. The molecule has 1 saturated heterocycles. The van der Waals surface area contributed by atoms with Crippen LogP contribution in [0.2, 0.25) is 5.02 Å². The minimum absolute atomic E-state index is 0.205. The van der Waals surface area contributed by atoms with E-state index in [1.165, 1.54) is 4.31 Å². The Balaban J connectivity index is 1.50. The van der Waals surface area contributed by atoms with Crippen LogP contribution in [0.1, 0.15) is 0 Å². The van der Waals surface area contributed by atoms with Gasteiger partial charge in [-0.05, 0) is 29.7 Å². The molecule has 1 aliphatic heterocycles. The number of rotatable bonds is 5. The third-order valence-electron chi connectivity index (χ3n) is 5.52. The average molecular weight is 458 g/mol. The lowest BCUT2D eigenvalue weighted by atomic mass is 10.1. The molecule has 8 heteroatoms. The molecule has 0 radical (unpaired) electrons. The van der Waals surface area contributed by atoms with E-state index in [-0.39, 0.29) is 12.5 Å². The maximum Gasteiger partial charge on any atom is 0.243 e. The third kappa shape index (κ3) is 4.78. The van der Waals surface area contributed by atoms with Gasteiger partial charge >= 0.3 is 0 Å². The van der Waals surface area contributed by atoms with Crippen LogP contribution in [0.4, 0.5) is 11.4 Å². The first-order chi connectivity index (χ1) is 14.8. The highest BCUT2D eigenvalue weighted by Gasteiger charge is 2.27. The van der Waals surface area contributed by atoms with E-state index in [0.717, 1.165) is 22.7 Å². The lowest BCUT2D eigenvalue weighted by Gasteiger charge is -2.37. The summed E-state index contributed by atoms with van der Waals surface area (Å²) in [6.07, 6.45) is 1.14. The zero-order valence-corrected chi connectivity index (χ0v) is 18.8. The number of piperazine rings is 1. The van der Waals surface area contributed by atoms with Gasteiger partial charge in [0.2, 0.25) is 15.9 Å². The molecule has 3 aromatic rings. The molecule has 4 rings (SSSR count). The van der Waals surface area contributed by atoms with Crippen LogP contribution >= 0.6 is 11.6 Å². The minimum Gasteiger partial charge on any atom is -0.368 e. The monoisotopic (exact) mass is 457 g/mol. The fraction of sp³-hybridized carbons (Fsp3) is 0.261. The molecular weight excluding hydrogens is 434 g/mol. The van der Waals surface area contributed by atoms with Gasteiger partial charge in [-0.2, -0.15) is 0 Å². The lowest BCUT2D eigenvalue weighted by Crippen LogP contribution is -2.52. The zero-order chi connectivity index (χ0) is 22.0. The van der Waals surface area contributed by atoms with Gasteiger partial charge in [-0.1, -0.05) is 54.1 Å². The molecule has 162 valence electrons. The predicted octanol–water partition coefficient (Wildman–Crippen LogP) is 3.61. The molecule has 0 unspecified atom stereocenters. The molecule has 0 bridgehead atoms. The molecule has 1 aliphatic rings. The summed E-state index contributed by atoms with van der Waals surface area (Å²) in [5.41, 5.74) is 1.54. The molecule has 6 nitrogen and oxygen atoms in total. The smallest absolute Gasteiger partial charge is 0.243 e. The van der Waals surface area contributed by atoms with Gasteiger partial charge in [-0.3, -0.25) is 9.10 Å². The Morgan fingerprint density at radius 3 is 2.35 bits per heavy atom. The Hall–Kier alpha value is -2.77. The highest BCUT2D eigenvalue weighted by molar-refractivity contribution is 7.92. The van der Waals surface area contributed by atoms with Crippen molar-refractivity contribution in [1.82, 2.24) is 4.90 Å². The second-order valence-electron chi connectivity index (χ2n) is 7.62. The van der Waals surface area contributed by atoms with Crippen molar-refractivity contribution in [3.63, 3.8) is 0 Å². The number of hydrogen-bond donors (Lipinski definition) is 0. The number of anilines is 2. The van der Waals surface area contributed by atoms with E-state index in [1.54, 1.807) is 11.0 Å². The minimum atomic E-state index is -3.64. The summed E-state index contributed by atoms with van der Waals surface area (Å²) in [5, 5.41) is 2.40. The quantitative estimate of drug-likeness (QED) is 0.587. The first-order valence-electron chi connectivity index (χ1n) is 10.1. The summed E-state index contributed by atoms with van der Waals surface area (Å²) in [7, 11) is -3.64. The van der Waals surface area contributed by atoms with E-state index in [0.29, 0.717) is 36.9 Å². The fourth-order valence-corrected chi connectivity index (χ4v) is 4.96. The summed E-state index contributed by atoms with van der Waals surface area (Å²) < 4.78 is 26.4. The molecular formula is C23H24ClN3O3S. The van der Waals surface area contributed by atoms with E-state index in [4.69, 9.17) is 11.6 Å². The van der Waals surface area contributed by atoms with Gasteiger partial charge < -0.3 is 9.80 Å². The fourth-order valence-electron chi connectivity index (χ4n) is 3.92. The Bertz CT molecular complexity index is 1200. The molecule has 0 saturated carbocycles. The average Bonchev–Trinajstić information content (AvgIpc) is 2.76. The van der Waals surface area contributed by atoms with E-state index in [2.05, 4.69) is 4.90 Å². The second kappa shape index (κ2) is 8.77. The molecule has 1 amide bonds. The van der Waals surface area contributed by atoms with Gasteiger partial charge in [-0.15, -0.1) is 0 Å². The van der Waals surface area contributed by atoms with Crippen LogP contribution in [0.25, 0.3) is 10.8 Å². The highest BCUT2D eigenvalue weighted by Crippen LogP contribution is 2.28. The standard InChI is InChI=1S/C23H24ClN3O3S/c1-31(29,30)27(22-11-4-7-18-6-2-3-10-21(18)22)17-23(28)26-14-12-25(13-15-26)20-9-5-8-19(24)16-20/h2-11,16H,12-15,17H2,1H3. The Labute approximate surface area is 187 Å².